The minimum atomic E-state index is -1.37. The Hall–Kier alpha value is -0.830. The van der Waals surface area contributed by atoms with Crippen molar-refractivity contribution >= 4 is 5.78 Å². The number of carbonyl (C=O) groups is 1. The van der Waals surface area contributed by atoms with Crippen molar-refractivity contribution in [1.82, 2.24) is 0 Å². The SMILES string of the molecule is CC(C)=CCC[C@](C)(O[C@@H]1OC[C@@H](O)[C@H](O)[C@H]1O)[C@H]1CC[C@]2(C)[C@@H]1C(=O)C[C@@H]1[C@@]3(C)CC[C@H](O)C(C)(C)[C@@H]3CC[C@]12C. The summed E-state index contributed by atoms with van der Waals surface area (Å²) < 4.78 is 12.4. The van der Waals surface area contributed by atoms with E-state index < -0.39 is 30.2 Å². The van der Waals surface area contributed by atoms with E-state index in [4.69, 9.17) is 9.47 Å². The first kappa shape index (κ1) is 32.6. The first-order valence-corrected chi connectivity index (χ1v) is 16.6. The molecule has 5 rings (SSSR count). The quantitative estimate of drug-likeness (QED) is 0.315. The summed E-state index contributed by atoms with van der Waals surface area (Å²) in [4.78, 5) is 14.5. The Morgan fingerprint density at radius 1 is 0.952 bits per heavy atom. The van der Waals surface area contributed by atoms with Gasteiger partial charge in [0, 0.05) is 12.3 Å². The molecule has 1 heterocycles. The predicted molar refractivity (Wildman–Crippen MR) is 161 cm³/mol. The fraction of sp³-hybridized carbons (Fsp3) is 0.914. The number of hydrogen-bond acceptors (Lipinski definition) is 7. The zero-order valence-electron chi connectivity index (χ0n) is 27.4. The van der Waals surface area contributed by atoms with E-state index in [-0.39, 0.29) is 52.1 Å². The van der Waals surface area contributed by atoms with Gasteiger partial charge in [-0.1, -0.05) is 46.3 Å². The van der Waals surface area contributed by atoms with Crippen LogP contribution in [0.25, 0.3) is 0 Å². The normalized spacial score (nSPS) is 49.8. The molecule has 1 saturated heterocycles. The Morgan fingerprint density at radius 3 is 2.29 bits per heavy atom. The third-order valence-corrected chi connectivity index (χ3v) is 14.0. The Labute approximate surface area is 253 Å². The number of ether oxygens (including phenoxy) is 2. The van der Waals surface area contributed by atoms with Gasteiger partial charge in [0.1, 0.15) is 24.1 Å². The Balaban J connectivity index is 1.48. The number of allylic oxidation sites excluding steroid dienone is 2. The Kier molecular flexibility index (Phi) is 8.46. The third kappa shape index (κ3) is 4.79. The monoisotopic (exact) mass is 590 g/mol. The zero-order chi connectivity index (χ0) is 31.0. The van der Waals surface area contributed by atoms with Crippen LogP contribution in [0, 0.1) is 45.3 Å². The molecule has 0 aromatic rings. The number of Topliss-reactive ketones (excluding diaryl/α,β-unsaturated/α-hetero) is 1. The second kappa shape index (κ2) is 10.9. The molecule has 5 aliphatic rings. The summed E-state index contributed by atoms with van der Waals surface area (Å²) in [5, 5.41) is 42.2. The lowest BCUT2D eigenvalue weighted by atomic mass is 9.35. The molecular formula is C35H58O7. The largest absolute Gasteiger partial charge is 0.393 e. The van der Waals surface area contributed by atoms with Crippen molar-refractivity contribution in [2.45, 2.75) is 149 Å². The highest BCUT2D eigenvalue weighted by molar-refractivity contribution is 5.84. The topological polar surface area (TPSA) is 116 Å². The molecular weight excluding hydrogens is 532 g/mol. The van der Waals surface area contributed by atoms with E-state index in [1.807, 2.05) is 0 Å². The van der Waals surface area contributed by atoms with Crippen LogP contribution in [0.4, 0.5) is 0 Å². The molecule has 240 valence electrons. The van der Waals surface area contributed by atoms with Gasteiger partial charge in [-0.05, 0) is 112 Å². The van der Waals surface area contributed by atoms with Crippen LogP contribution in [0.15, 0.2) is 11.6 Å². The highest BCUT2D eigenvalue weighted by Crippen LogP contribution is 2.75. The van der Waals surface area contributed by atoms with Crippen LogP contribution in [0.1, 0.15) is 113 Å². The summed E-state index contributed by atoms with van der Waals surface area (Å²) >= 11 is 0. The van der Waals surface area contributed by atoms with E-state index in [0.29, 0.717) is 24.5 Å². The summed E-state index contributed by atoms with van der Waals surface area (Å²) in [5.41, 5.74) is 0.108. The van der Waals surface area contributed by atoms with E-state index in [2.05, 4.69) is 61.5 Å². The van der Waals surface area contributed by atoms with Crippen LogP contribution in [-0.4, -0.2) is 69.1 Å². The maximum atomic E-state index is 14.5. The van der Waals surface area contributed by atoms with E-state index in [1.54, 1.807) is 0 Å². The van der Waals surface area contributed by atoms with Gasteiger partial charge in [-0.25, -0.2) is 0 Å². The van der Waals surface area contributed by atoms with Crippen LogP contribution >= 0.6 is 0 Å². The van der Waals surface area contributed by atoms with Gasteiger partial charge in [0.2, 0.25) is 0 Å². The van der Waals surface area contributed by atoms with Crippen molar-refractivity contribution in [2.24, 2.45) is 45.3 Å². The van der Waals surface area contributed by atoms with Crippen LogP contribution in [0.2, 0.25) is 0 Å². The van der Waals surface area contributed by atoms with Gasteiger partial charge in [0.25, 0.3) is 0 Å². The molecule has 1 aliphatic heterocycles. The molecule has 7 nitrogen and oxygen atoms in total. The molecule has 0 amide bonds. The molecule has 0 unspecified atom stereocenters. The maximum absolute atomic E-state index is 14.5. The molecule has 4 N–H and O–H groups in total. The van der Waals surface area contributed by atoms with Gasteiger partial charge in [-0.2, -0.15) is 0 Å². The van der Waals surface area contributed by atoms with Crippen LogP contribution in [0.5, 0.6) is 0 Å². The highest BCUT2D eigenvalue weighted by atomic mass is 16.7. The molecule has 4 saturated carbocycles. The van der Waals surface area contributed by atoms with Crippen molar-refractivity contribution in [2.75, 3.05) is 6.61 Å². The van der Waals surface area contributed by atoms with Gasteiger partial charge < -0.3 is 29.9 Å². The number of fused-ring (bicyclic) bond motifs is 5. The molecule has 13 atom stereocenters. The number of carbonyl (C=O) groups excluding carboxylic acids is 1. The molecule has 5 fully saturated rings. The minimum absolute atomic E-state index is 0.00801. The fourth-order valence-corrected chi connectivity index (χ4v) is 11.2. The molecule has 42 heavy (non-hydrogen) atoms. The van der Waals surface area contributed by atoms with Gasteiger partial charge in [-0.15, -0.1) is 0 Å². The van der Waals surface area contributed by atoms with Crippen LogP contribution in [0.3, 0.4) is 0 Å². The van der Waals surface area contributed by atoms with E-state index >= 15 is 0 Å². The van der Waals surface area contributed by atoms with E-state index in [1.165, 1.54) is 5.57 Å². The van der Waals surface area contributed by atoms with Crippen molar-refractivity contribution in [3.63, 3.8) is 0 Å². The van der Waals surface area contributed by atoms with Gasteiger partial charge in [0.15, 0.2) is 6.29 Å². The standard InChI is InChI=1S/C35H58O7/c1-20(2)10-9-14-35(8,42-30-29(40)28(39)23(37)19-41-30)21-11-16-34(7)27(21)22(36)18-25-32(5)15-13-26(38)31(3,4)24(32)12-17-33(25,34)6/h10,21,23-30,37-40H,9,11-19H2,1-8H3/t21-,23+,24-,25+,26-,27-,28-,29+,30-,32-,33+,34+,35-/m0/s1. The molecule has 0 aromatic carbocycles. The van der Waals surface area contributed by atoms with Crippen molar-refractivity contribution in [3.8, 4) is 0 Å². The lowest BCUT2D eigenvalue weighted by Gasteiger charge is -2.69. The van der Waals surface area contributed by atoms with Gasteiger partial charge in [0.05, 0.1) is 18.3 Å². The summed E-state index contributed by atoms with van der Waals surface area (Å²) in [6, 6.07) is 0. The summed E-state index contributed by atoms with van der Waals surface area (Å²) in [6.45, 7) is 17.8. The summed E-state index contributed by atoms with van der Waals surface area (Å²) in [5.74, 6) is 0.801. The zero-order valence-corrected chi connectivity index (χ0v) is 27.4. The molecule has 0 bridgehead atoms. The van der Waals surface area contributed by atoms with Crippen molar-refractivity contribution in [1.29, 1.82) is 0 Å². The highest BCUT2D eigenvalue weighted by Gasteiger charge is 2.71. The number of hydrogen-bond donors (Lipinski definition) is 4. The van der Waals surface area contributed by atoms with Gasteiger partial charge >= 0.3 is 0 Å². The fourth-order valence-electron chi connectivity index (χ4n) is 11.2. The van der Waals surface area contributed by atoms with E-state index in [0.717, 1.165) is 44.9 Å². The molecule has 0 radical (unpaired) electrons. The Bertz CT molecular complexity index is 1070. The number of rotatable bonds is 6. The number of ketones is 1. The first-order chi connectivity index (χ1) is 19.4. The predicted octanol–water partition coefficient (Wildman–Crippen LogP) is 5.17. The second-order valence-electron chi connectivity index (χ2n) is 16.7. The second-order valence-corrected chi connectivity index (χ2v) is 16.7. The summed E-state index contributed by atoms with van der Waals surface area (Å²) in [7, 11) is 0. The number of aliphatic hydroxyl groups excluding tert-OH is 4. The van der Waals surface area contributed by atoms with Crippen LogP contribution in [-0.2, 0) is 14.3 Å². The van der Waals surface area contributed by atoms with Crippen LogP contribution < -0.4 is 0 Å². The molecule has 0 aromatic heterocycles. The number of aliphatic hydroxyl groups is 4. The maximum Gasteiger partial charge on any atom is 0.186 e. The molecule has 7 heteroatoms. The lowest BCUT2D eigenvalue weighted by Crippen LogP contribution is -2.66. The van der Waals surface area contributed by atoms with Crippen molar-refractivity contribution < 1.29 is 34.7 Å². The smallest absolute Gasteiger partial charge is 0.186 e. The molecule has 0 spiro atoms. The van der Waals surface area contributed by atoms with E-state index in [9.17, 15) is 25.2 Å². The third-order valence-electron chi connectivity index (χ3n) is 14.0. The average Bonchev–Trinajstić information content (AvgIpc) is 3.29. The van der Waals surface area contributed by atoms with Crippen molar-refractivity contribution in [3.05, 3.63) is 11.6 Å². The molecule has 4 aliphatic carbocycles. The first-order valence-electron chi connectivity index (χ1n) is 16.6. The Morgan fingerprint density at radius 2 is 1.62 bits per heavy atom. The van der Waals surface area contributed by atoms with Gasteiger partial charge in [-0.3, -0.25) is 4.79 Å². The summed E-state index contributed by atoms with van der Waals surface area (Å²) in [6.07, 6.45) is 4.67. The lowest BCUT2D eigenvalue weighted by molar-refractivity contribution is -0.310. The minimum Gasteiger partial charge on any atom is -0.393 e. The average molecular weight is 591 g/mol.